The Balaban J connectivity index is 1.84. The van der Waals surface area contributed by atoms with Gasteiger partial charge in [-0.25, -0.2) is 4.79 Å². The number of aromatic nitrogens is 3. The fraction of sp³-hybridized carbons (Fsp3) is 0.333. The molecule has 2 aliphatic rings. The van der Waals surface area contributed by atoms with E-state index < -0.39 is 23.1 Å². The van der Waals surface area contributed by atoms with Crippen LogP contribution in [0.15, 0.2) is 39.7 Å². The highest BCUT2D eigenvalue weighted by Crippen LogP contribution is 2.39. The largest absolute Gasteiger partial charge is 0.478 e. The zero-order valence-corrected chi connectivity index (χ0v) is 16.4. The van der Waals surface area contributed by atoms with Crippen molar-refractivity contribution in [2.24, 2.45) is 0 Å². The molecule has 2 aromatic rings. The number of hydrogen-bond acceptors (Lipinski definition) is 5. The number of nitrogens with zero attached hydrogens (tertiary/aromatic N) is 2. The van der Waals surface area contributed by atoms with Crippen LogP contribution in [0.4, 0.5) is 0 Å². The van der Waals surface area contributed by atoms with Crippen LogP contribution >= 0.6 is 0 Å². The maximum absolute atomic E-state index is 12.6. The molecule has 156 valence electrons. The molecule has 30 heavy (non-hydrogen) atoms. The first-order chi connectivity index (χ1) is 14.4. The van der Waals surface area contributed by atoms with Gasteiger partial charge in [0.1, 0.15) is 6.54 Å². The number of rotatable bonds is 5. The van der Waals surface area contributed by atoms with Gasteiger partial charge in [-0.2, -0.15) is 0 Å². The molecule has 0 unspecified atom stereocenters. The molecule has 0 amide bonds. The number of carbonyl (C=O) groups excluding carboxylic acids is 1. The third kappa shape index (κ3) is 3.42. The van der Waals surface area contributed by atoms with Crippen LogP contribution < -0.4 is 11.1 Å². The predicted octanol–water partition coefficient (Wildman–Crippen LogP) is 1.63. The minimum Gasteiger partial charge on any atom is -0.478 e. The van der Waals surface area contributed by atoms with E-state index >= 15 is 0 Å². The van der Waals surface area contributed by atoms with Crippen molar-refractivity contribution in [2.75, 3.05) is 6.61 Å². The van der Waals surface area contributed by atoms with E-state index in [1.165, 1.54) is 10.6 Å². The summed E-state index contributed by atoms with van der Waals surface area (Å²) in [6.45, 7) is 1.51. The standard InChI is InChI=1S/C21H21N3O6/c1-2-30-17(25)11-24-18-15-9-14(23-8-7-13(10-23)21(28)29)5-3-12(15)4-6-16(18)22-19(26)20(24)27/h7-10H,2-6,11H2,1H3,(H,22,26)(H,28,29). The van der Waals surface area contributed by atoms with Gasteiger partial charge in [-0.1, -0.05) is 5.57 Å². The number of hydrogen-bond donors (Lipinski definition) is 2. The number of H-pyrrole nitrogens is 1. The smallest absolute Gasteiger partial charge is 0.337 e. The van der Waals surface area contributed by atoms with E-state index in [2.05, 4.69) is 4.98 Å². The molecule has 9 nitrogen and oxygen atoms in total. The maximum Gasteiger partial charge on any atom is 0.337 e. The first-order valence-electron chi connectivity index (χ1n) is 9.75. The molecule has 2 N–H and O–H groups in total. The molecule has 9 heteroatoms. The van der Waals surface area contributed by atoms with Gasteiger partial charge in [0.05, 0.1) is 17.9 Å². The molecule has 0 atom stereocenters. The van der Waals surface area contributed by atoms with Gasteiger partial charge in [0.15, 0.2) is 0 Å². The van der Waals surface area contributed by atoms with Crippen LogP contribution in [0, 0.1) is 0 Å². The van der Waals surface area contributed by atoms with Crippen molar-refractivity contribution in [3.05, 3.63) is 67.8 Å². The number of aromatic amines is 1. The van der Waals surface area contributed by atoms with E-state index in [1.807, 2.05) is 6.08 Å². The molecule has 0 spiro atoms. The normalized spacial score (nSPS) is 15.3. The van der Waals surface area contributed by atoms with Crippen molar-refractivity contribution in [1.82, 2.24) is 14.1 Å². The van der Waals surface area contributed by atoms with Crippen LogP contribution in [0.5, 0.6) is 0 Å². The molecule has 0 saturated heterocycles. The third-order valence-electron chi connectivity index (χ3n) is 5.43. The van der Waals surface area contributed by atoms with E-state index in [9.17, 15) is 24.3 Å². The monoisotopic (exact) mass is 411 g/mol. The first kappa shape index (κ1) is 19.7. The SMILES string of the molecule is CCOC(=O)Cn1c2c([nH]c(=O)c1=O)CCC1=C2C=C(n2ccc(C(=O)O)c2)CC1. The average molecular weight is 411 g/mol. The number of carbonyl (C=O) groups is 2. The van der Waals surface area contributed by atoms with E-state index in [4.69, 9.17) is 4.74 Å². The lowest BCUT2D eigenvalue weighted by Crippen LogP contribution is -2.41. The van der Waals surface area contributed by atoms with Crippen molar-refractivity contribution >= 4 is 23.2 Å². The molecule has 0 aromatic carbocycles. The number of esters is 1. The Morgan fingerprint density at radius 2 is 1.97 bits per heavy atom. The van der Waals surface area contributed by atoms with Gasteiger partial charge in [0.2, 0.25) is 0 Å². The lowest BCUT2D eigenvalue weighted by molar-refractivity contribution is -0.143. The molecular formula is C21H21N3O6. The zero-order valence-electron chi connectivity index (χ0n) is 16.4. The summed E-state index contributed by atoms with van der Waals surface area (Å²) < 4.78 is 7.93. The Hall–Kier alpha value is -3.62. The molecular weight excluding hydrogens is 390 g/mol. The molecule has 0 aliphatic heterocycles. The number of ether oxygens (including phenoxy) is 1. The minimum atomic E-state index is -1.01. The van der Waals surface area contributed by atoms with E-state index in [1.54, 1.807) is 23.9 Å². The van der Waals surface area contributed by atoms with Crippen LogP contribution in [-0.2, 0) is 22.5 Å². The van der Waals surface area contributed by atoms with Crippen molar-refractivity contribution in [1.29, 1.82) is 0 Å². The highest BCUT2D eigenvalue weighted by molar-refractivity contribution is 5.88. The second kappa shape index (κ2) is 7.66. The molecule has 2 aliphatic carbocycles. The van der Waals surface area contributed by atoms with Gasteiger partial charge in [-0.15, -0.1) is 0 Å². The first-order valence-corrected chi connectivity index (χ1v) is 9.75. The Labute approximate surface area is 170 Å². The summed E-state index contributed by atoms with van der Waals surface area (Å²) in [5, 5.41) is 9.18. The van der Waals surface area contributed by atoms with Gasteiger partial charge in [-0.3, -0.25) is 19.0 Å². The maximum atomic E-state index is 12.6. The van der Waals surface area contributed by atoms with Crippen LogP contribution in [0.3, 0.4) is 0 Å². The number of allylic oxidation sites excluding steroid dienone is 4. The van der Waals surface area contributed by atoms with Crippen molar-refractivity contribution in [2.45, 2.75) is 39.2 Å². The quantitative estimate of drug-likeness (QED) is 0.569. The number of aromatic carboxylic acids is 1. The van der Waals surface area contributed by atoms with E-state index in [0.29, 0.717) is 24.2 Å². The zero-order chi connectivity index (χ0) is 21.4. The summed E-state index contributed by atoms with van der Waals surface area (Å²) in [6.07, 6.45) is 7.91. The number of nitrogens with one attached hydrogen (secondary N) is 1. The second-order valence-corrected chi connectivity index (χ2v) is 7.24. The molecule has 2 aromatic heterocycles. The molecule has 0 radical (unpaired) electrons. The minimum absolute atomic E-state index is 0.177. The number of carboxylic acid groups (broad SMARTS) is 1. The van der Waals surface area contributed by atoms with E-state index in [0.717, 1.165) is 29.7 Å². The Morgan fingerprint density at radius 3 is 2.67 bits per heavy atom. The third-order valence-corrected chi connectivity index (χ3v) is 5.43. The van der Waals surface area contributed by atoms with Crippen LogP contribution in [0.1, 0.15) is 47.9 Å². The summed E-state index contributed by atoms with van der Waals surface area (Å²) in [7, 11) is 0. The summed E-state index contributed by atoms with van der Waals surface area (Å²) in [4.78, 5) is 50.7. The number of aryl methyl sites for hydroxylation is 1. The average Bonchev–Trinajstić information content (AvgIpc) is 3.21. The van der Waals surface area contributed by atoms with Crippen LogP contribution in [0.25, 0.3) is 11.3 Å². The van der Waals surface area contributed by atoms with Gasteiger partial charge >= 0.3 is 23.1 Å². The fourth-order valence-corrected chi connectivity index (χ4v) is 4.04. The molecule has 0 bridgehead atoms. The van der Waals surface area contributed by atoms with Crippen molar-refractivity contribution in [3.63, 3.8) is 0 Å². The molecule has 4 rings (SSSR count). The summed E-state index contributed by atoms with van der Waals surface area (Å²) >= 11 is 0. The highest BCUT2D eigenvalue weighted by Gasteiger charge is 2.27. The van der Waals surface area contributed by atoms with Gasteiger partial charge < -0.3 is 19.4 Å². The Morgan fingerprint density at radius 1 is 1.20 bits per heavy atom. The van der Waals surface area contributed by atoms with Gasteiger partial charge in [-0.05, 0) is 44.7 Å². The summed E-state index contributed by atoms with van der Waals surface area (Å²) in [5.74, 6) is -1.59. The summed E-state index contributed by atoms with van der Waals surface area (Å²) in [5.41, 5.74) is 2.56. The van der Waals surface area contributed by atoms with Crippen molar-refractivity contribution < 1.29 is 19.4 Å². The molecule has 0 saturated carbocycles. The molecule has 0 fully saturated rings. The number of carboxylic acids is 1. The molecule has 2 heterocycles. The van der Waals surface area contributed by atoms with Crippen molar-refractivity contribution in [3.8, 4) is 0 Å². The predicted molar refractivity (Wildman–Crippen MR) is 108 cm³/mol. The lowest BCUT2D eigenvalue weighted by Gasteiger charge is -2.28. The lowest BCUT2D eigenvalue weighted by atomic mass is 9.84. The van der Waals surface area contributed by atoms with Crippen LogP contribution in [0.2, 0.25) is 0 Å². The second-order valence-electron chi connectivity index (χ2n) is 7.24. The van der Waals surface area contributed by atoms with E-state index in [-0.39, 0.29) is 18.7 Å². The summed E-state index contributed by atoms with van der Waals surface area (Å²) in [6, 6.07) is 1.52. The highest BCUT2D eigenvalue weighted by atomic mass is 16.5. The number of fused-ring (bicyclic) bond motifs is 2. The van der Waals surface area contributed by atoms with Gasteiger partial charge in [0, 0.05) is 29.4 Å². The Bertz CT molecular complexity index is 1220. The Kier molecular flexibility index (Phi) is 5.03. The van der Waals surface area contributed by atoms with Crippen LogP contribution in [-0.4, -0.2) is 37.8 Å². The van der Waals surface area contributed by atoms with Gasteiger partial charge in [0.25, 0.3) is 0 Å². The fourth-order valence-electron chi connectivity index (χ4n) is 4.04. The topological polar surface area (TPSA) is 123 Å².